The third-order valence-electron chi connectivity index (χ3n) is 5.35. The van der Waals surface area contributed by atoms with E-state index in [9.17, 15) is 9.18 Å². The van der Waals surface area contributed by atoms with E-state index in [1.165, 1.54) is 12.5 Å². The minimum Gasteiger partial charge on any atom is -0.380 e. The summed E-state index contributed by atoms with van der Waals surface area (Å²) in [5.74, 6) is 0.325. The van der Waals surface area contributed by atoms with Crippen molar-refractivity contribution in [3.63, 3.8) is 0 Å². The first-order valence-corrected chi connectivity index (χ1v) is 8.41. The first-order chi connectivity index (χ1) is 11.2. The summed E-state index contributed by atoms with van der Waals surface area (Å²) in [5, 5.41) is 6.47. The SMILES string of the molecule is COCc1cc(CNC(=O)[C@@]23CCCC[C@H]2CNC3)ccc1F. The van der Waals surface area contributed by atoms with E-state index in [0.29, 0.717) is 18.0 Å². The Hall–Kier alpha value is -1.46. The zero-order valence-corrected chi connectivity index (χ0v) is 13.7. The molecule has 1 saturated carbocycles. The lowest BCUT2D eigenvalue weighted by Gasteiger charge is -2.37. The number of ether oxygens (including phenoxy) is 1. The van der Waals surface area contributed by atoms with E-state index in [4.69, 9.17) is 4.74 Å². The molecule has 23 heavy (non-hydrogen) atoms. The van der Waals surface area contributed by atoms with Crippen molar-refractivity contribution in [2.24, 2.45) is 11.3 Å². The molecule has 1 aromatic carbocycles. The molecule has 1 aliphatic carbocycles. The van der Waals surface area contributed by atoms with Crippen LogP contribution in [0.1, 0.15) is 36.8 Å². The Bertz CT molecular complexity index is 578. The molecule has 0 unspecified atom stereocenters. The first kappa shape index (κ1) is 16.4. The highest BCUT2D eigenvalue weighted by Crippen LogP contribution is 2.43. The zero-order valence-electron chi connectivity index (χ0n) is 13.7. The maximum absolute atomic E-state index is 13.6. The van der Waals surface area contributed by atoms with Gasteiger partial charge in [0.05, 0.1) is 12.0 Å². The minimum atomic E-state index is -0.271. The molecule has 0 radical (unpaired) electrons. The molecular weight excluding hydrogens is 295 g/mol. The predicted molar refractivity (Wildman–Crippen MR) is 86.2 cm³/mol. The third kappa shape index (κ3) is 3.26. The van der Waals surface area contributed by atoms with E-state index in [2.05, 4.69) is 10.6 Å². The van der Waals surface area contributed by atoms with Crippen molar-refractivity contribution < 1.29 is 13.9 Å². The van der Waals surface area contributed by atoms with E-state index in [-0.39, 0.29) is 23.7 Å². The Morgan fingerprint density at radius 2 is 2.35 bits per heavy atom. The van der Waals surface area contributed by atoms with Crippen LogP contribution in [-0.4, -0.2) is 26.1 Å². The maximum Gasteiger partial charge on any atom is 0.228 e. The molecule has 1 aromatic rings. The molecule has 5 heteroatoms. The summed E-state index contributed by atoms with van der Waals surface area (Å²) in [6, 6.07) is 4.92. The summed E-state index contributed by atoms with van der Waals surface area (Å²) < 4.78 is 18.7. The Morgan fingerprint density at radius 1 is 1.48 bits per heavy atom. The lowest BCUT2D eigenvalue weighted by molar-refractivity contribution is -0.134. The van der Waals surface area contributed by atoms with Gasteiger partial charge in [0.25, 0.3) is 0 Å². The molecule has 2 fully saturated rings. The van der Waals surface area contributed by atoms with Gasteiger partial charge < -0.3 is 15.4 Å². The van der Waals surface area contributed by atoms with Crippen LogP contribution in [0.5, 0.6) is 0 Å². The van der Waals surface area contributed by atoms with Gasteiger partial charge >= 0.3 is 0 Å². The average Bonchev–Trinajstić information content (AvgIpc) is 3.00. The van der Waals surface area contributed by atoms with E-state index in [0.717, 1.165) is 37.9 Å². The standard InChI is InChI=1S/C18H25FN2O2/c1-23-11-14-8-13(5-6-16(14)19)9-21-17(22)18-7-3-2-4-15(18)10-20-12-18/h5-6,8,15,20H,2-4,7,9-12H2,1H3,(H,21,22)/t15-,18+/m0/s1. The molecule has 1 amide bonds. The second-order valence-corrected chi connectivity index (χ2v) is 6.77. The summed E-state index contributed by atoms with van der Waals surface area (Å²) in [7, 11) is 1.54. The number of fused-ring (bicyclic) bond motifs is 1. The van der Waals surface area contributed by atoms with Gasteiger partial charge in [-0.3, -0.25) is 4.79 Å². The molecule has 0 aromatic heterocycles. The molecule has 1 saturated heterocycles. The number of methoxy groups -OCH3 is 1. The van der Waals surface area contributed by atoms with Gasteiger partial charge in [-0.1, -0.05) is 18.9 Å². The monoisotopic (exact) mass is 320 g/mol. The van der Waals surface area contributed by atoms with Gasteiger partial charge in [-0.25, -0.2) is 4.39 Å². The fourth-order valence-electron chi connectivity index (χ4n) is 4.05. The molecule has 0 spiro atoms. The van der Waals surface area contributed by atoms with Gasteiger partial charge in [0.2, 0.25) is 5.91 Å². The molecule has 2 N–H and O–H groups in total. The fourth-order valence-corrected chi connectivity index (χ4v) is 4.05. The number of carbonyl (C=O) groups excluding carboxylic acids is 1. The normalized spacial score (nSPS) is 26.8. The van der Waals surface area contributed by atoms with Crippen LogP contribution < -0.4 is 10.6 Å². The number of hydrogen-bond acceptors (Lipinski definition) is 3. The van der Waals surface area contributed by atoms with E-state index in [1.807, 2.05) is 0 Å². The molecule has 1 heterocycles. The predicted octanol–water partition coefficient (Wildman–Crippen LogP) is 2.37. The van der Waals surface area contributed by atoms with Crippen molar-refractivity contribution in [3.05, 3.63) is 35.1 Å². The first-order valence-electron chi connectivity index (χ1n) is 8.41. The van der Waals surface area contributed by atoms with Gasteiger partial charge in [-0.15, -0.1) is 0 Å². The fraction of sp³-hybridized carbons (Fsp3) is 0.611. The zero-order chi connectivity index (χ0) is 16.3. The van der Waals surface area contributed by atoms with Gasteiger partial charge in [0.15, 0.2) is 0 Å². The van der Waals surface area contributed by atoms with Crippen molar-refractivity contribution in [2.75, 3.05) is 20.2 Å². The smallest absolute Gasteiger partial charge is 0.228 e. The van der Waals surface area contributed by atoms with Crippen LogP contribution in [0.2, 0.25) is 0 Å². The number of hydrogen-bond donors (Lipinski definition) is 2. The van der Waals surface area contributed by atoms with Gasteiger partial charge in [-0.2, -0.15) is 0 Å². The molecule has 126 valence electrons. The Labute approximate surface area is 136 Å². The molecule has 1 aliphatic heterocycles. The number of benzene rings is 1. The van der Waals surface area contributed by atoms with Crippen molar-refractivity contribution >= 4 is 5.91 Å². The Balaban J connectivity index is 1.66. The number of nitrogens with one attached hydrogen (secondary N) is 2. The lowest BCUT2D eigenvalue weighted by atomic mass is 9.67. The molecular formula is C18H25FN2O2. The van der Waals surface area contributed by atoms with Gasteiger partial charge in [0, 0.05) is 25.8 Å². The summed E-state index contributed by atoms with van der Waals surface area (Å²) in [6.07, 6.45) is 4.45. The lowest BCUT2D eigenvalue weighted by Crippen LogP contribution is -2.47. The number of carbonyl (C=O) groups is 1. The quantitative estimate of drug-likeness (QED) is 0.876. The number of amides is 1. The number of halogens is 1. The topological polar surface area (TPSA) is 50.4 Å². The van der Waals surface area contributed by atoms with Crippen molar-refractivity contribution in [1.82, 2.24) is 10.6 Å². The van der Waals surface area contributed by atoms with E-state index in [1.54, 1.807) is 19.2 Å². The Kier molecular flexibility index (Phi) is 4.97. The largest absolute Gasteiger partial charge is 0.380 e. The molecule has 4 nitrogen and oxygen atoms in total. The van der Waals surface area contributed by atoms with E-state index >= 15 is 0 Å². The highest BCUT2D eigenvalue weighted by atomic mass is 19.1. The summed E-state index contributed by atoms with van der Waals surface area (Å²) in [4.78, 5) is 12.8. The van der Waals surface area contributed by atoms with Crippen LogP contribution in [0.3, 0.4) is 0 Å². The Morgan fingerprint density at radius 3 is 3.17 bits per heavy atom. The van der Waals surface area contributed by atoms with Gasteiger partial charge in [-0.05, 0) is 43.0 Å². The average molecular weight is 320 g/mol. The van der Waals surface area contributed by atoms with Crippen molar-refractivity contribution in [2.45, 2.75) is 38.8 Å². The van der Waals surface area contributed by atoms with Crippen LogP contribution in [-0.2, 0) is 22.7 Å². The highest BCUT2D eigenvalue weighted by molar-refractivity contribution is 5.83. The molecule has 2 aliphatic rings. The summed E-state index contributed by atoms with van der Waals surface area (Å²) in [6.45, 7) is 2.40. The van der Waals surface area contributed by atoms with Crippen LogP contribution >= 0.6 is 0 Å². The number of rotatable bonds is 5. The summed E-state index contributed by atoms with van der Waals surface area (Å²) >= 11 is 0. The van der Waals surface area contributed by atoms with Crippen molar-refractivity contribution in [1.29, 1.82) is 0 Å². The van der Waals surface area contributed by atoms with E-state index < -0.39 is 0 Å². The molecule has 0 bridgehead atoms. The minimum absolute atomic E-state index is 0.143. The highest BCUT2D eigenvalue weighted by Gasteiger charge is 2.49. The third-order valence-corrected chi connectivity index (χ3v) is 5.35. The van der Waals surface area contributed by atoms with Crippen LogP contribution in [0.25, 0.3) is 0 Å². The van der Waals surface area contributed by atoms with Gasteiger partial charge in [0.1, 0.15) is 5.82 Å². The molecule has 3 rings (SSSR count). The van der Waals surface area contributed by atoms with Crippen molar-refractivity contribution in [3.8, 4) is 0 Å². The summed E-state index contributed by atoms with van der Waals surface area (Å²) in [5.41, 5.74) is 1.19. The second kappa shape index (κ2) is 6.97. The maximum atomic E-state index is 13.6. The van der Waals surface area contributed by atoms with Crippen LogP contribution in [0, 0.1) is 17.2 Å². The van der Waals surface area contributed by atoms with Crippen LogP contribution in [0.4, 0.5) is 4.39 Å². The molecule has 2 atom stereocenters. The second-order valence-electron chi connectivity index (χ2n) is 6.77. The van der Waals surface area contributed by atoms with Crippen LogP contribution in [0.15, 0.2) is 18.2 Å².